The molecule has 8 aromatic carbocycles. The fourth-order valence-electron chi connectivity index (χ4n) is 8.88. The molecule has 1 aliphatic rings. The van der Waals surface area contributed by atoms with Crippen LogP contribution in [0.2, 0.25) is 0 Å². The van der Waals surface area contributed by atoms with E-state index in [9.17, 15) is 0 Å². The summed E-state index contributed by atoms with van der Waals surface area (Å²) in [6.45, 7) is 4.67. The van der Waals surface area contributed by atoms with Gasteiger partial charge in [0.25, 0.3) is 0 Å². The second-order valence-electron chi connectivity index (χ2n) is 15.3. The van der Waals surface area contributed by atoms with Crippen LogP contribution >= 0.6 is 0 Å². The zero-order valence-corrected chi connectivity index (χ0v) is 30.6. The van der Waals surface area contributed by atoms with Gasteiger partial charge in [-0.25, -0.2) is 9.97 Å². The van der Waals surface area contributed by atoms with Crippen LogP contribution in [0.5, 0.6) is 0 Å². The van der Waals surface area contributed by atoms with Crippen molar-refractivity contribution in [3.8, 4) is 67.3 Å². The highest BCUT2D eigenvalue weighted by Gasteiger charge is 2.35. The zero-order valence-electron chi connectivity index (χ0n) is 30.6. The lowest BCUT2D eigenvalue weighted by Gasteiger charge is -2.22. The highest BCUT2D eigenvalue weighted by Crippen LogP contribution is 2.49. The van der Waals surface area contributed by atoms with Crippen LogP contribution in [0.25, 0.3) is 99.6 Å². The fraction of sp³-hybridized carbons (Fsp3) is 0.0577. The molecule has 0 saturated heterocycles. The molecule has 11 rings (SSSR count). The SMILES string of the molecule is CC1(C)c2ccccc2-c2ccc(-c3ccc(-c4nc(-c5ccc(-c6cccnc6)cc5)cc(-c5ccc6ccc7cccc8ccc5c6c78)n4)cc3)cc21. The molecule has 0 saturated carbocycles. The Morgan fingerprint density at radius 3 is 1.80 bits per heavy atom. The summed E-state index contributed by atoms with van der Waals surface area (Å²) in [4.78, 5) is 14.9. The van der Waals surface area contributed by atoms with Crippen LogP contribution in [-0.4, -0.2) is 15.0 Å². The Balaban J connectivity index is 1.04. The van der Waals surface area contributed by atoms with Gasteiger partial charge in [-0.3, -0.25) is 4.98 Å². The van der Waals surface area contributed by atoms with Gasteiger partial charge in [-0.15, -0.1) is 0 Å². The first-order valence-corrected chi connectivity index (χ1v) is 18.9. The predicted octanol–water partition coefficient (Wildman–Crippen LogP) is 13.4. The number of fused-ring (bicyclic) bond motifs is 3. The third-order valence-electron chi connectivity index (χ3n) is 11.8. The summed E-state index contributed by atoms with van der Waals surface area (Å²) in [5, 5.41) is 7.51. The minimum atomic E-state index is -0.0477. The number of nitrogens with zero attached hydrogens (tertiary/aromatic N) is 3. The summed E-state index contributed by atoms with van der Waals surface area (Å²) in [6.07, 6.45) is 3.70. The third kappa shape index (κ3) is 5.01. The fourth-order valence-corrected chi connectivity index (χ4v) is 8.88. The molecule has 55 heavy (non-hydrogen) atoms. The predicted molar refractivity (Wildman–Crippen MR) is 228 cm³/mol. The van der Waals surface area contributed by atoms with Crippen LogP contribution in [-0.2, 0) is 5.41 Å². The van der Waals surface area contributed by atoms with Gasteiger partial charge in [0, 0.05) is 34.5 Å². The van der Waals surface area contributed by atoms with Gasteiger partial charge in [0.15, 0.2) is 5.82 Å². The summed E-state index contributed by atoms with van der Waals surface area (Å²) < 4.78 is 0. The number of rotatable bonds is 5. The zero-order chi connectivity index (χ0) is 36.7. The maximum absolute atomic E-state index is 5.32. The summed E-state index contributed by atoms with van der Waals surface area (Å²) >= 11 is 0. The Kier molecular flexibility index (Phi) is 6.90. The van der Waals surface area contributed by atoms with Gasteiger partial charge in [0.1, 0.15) is 0 Å². The largest absolute Gasteiger partial charge is 0.264 e. The van der Waals surface area contributed by atoms with E-state index in [1.54, 1.807) is 6.20 Å². The number of benzene rings is 8. The molecule has 258 valence electrons. The molecule has 0 bridgehead atoms. The Morgan fingerprint density at radius 1 is 0.400 bits per heavy atom. The monoisotopic (exact) mass is 701 g/mol. The van der Waals surface area contributed by atoms with Crippen LogP contribution in [0.3, 0.4) is 0 Å². The first-order valence-electron chi connectivity index (χ1n) is 18.9. The first kappa shape index (κ1) is 31.5. The van der Waals surface area contributed by atoms with Crippen molar-refractivity contribution in [2.75, 3.05) is 0 Å². The van der Waals surface area contributed by atoms with Gasteiger partial charge in [-0.1, -0.05) is 159 Å². The molecular weight excluding hydrogens is 667 g/mol. The van der Waals surface area contributed by atoms with Gasteiger partial charge in [-0.2, -0.15) is 0 Å². The molecule has 0 N–H and O–H groups in total. The van der Waals surface area contributed by atoms with E-state index in [1.165, 1.54) is 65.7 Å². The molecule has 10 aromatic rings. The van der Waals surface area contributed by atoms with Crippen LogP contribution in [0.1, 0.15) is 25.0 Å². The van der Waals surface area contributed by atoms with Crippen LogP contribution < -0.4 is 0 Å². The molecule has 0 amide bonds. The molecule has 0 unspecified atom stereocenters. The van der Waals surface area contributed by atoms with Gasteiger partial charge in [0.05, 0.1) is 11.4 Å². The molecule has 2 heterocycles. The van der Waals surface area contributed by atoms with Crippen molar-refractivity contribution < 1.29 is 0 Å². The van der Waals surface area contributed by atoms with Crippen molar-refractivity contribution in [1.82, 2.24) is 15.0 Å². The Hall–Kier alpha value is -6.97. The summed E-state index contributed by atoms with van der Waals surface area (Å²) in [6, 6.07) is 59.3. The van der Waals surface area contributed by atoms with E-state index in [0.29, 0.717) is 5.82 Å². The molecular formula is C52H35N3. The molecule has 2 aromatic heterocycles. The van der Waals surface area contributed by atoms with E-state index in [-0.39, 0.29) is 5.41 Å². The van der Waals surface area contributed by atoms with Crippen LogP contribution in [0.15, 0.2) is 176 Å². The number of aromatic nitrogens is 3. The van der Waals surface area contributed by atoms with Crippen molar-refractivity contribution in [3.05, 3.63) is 187 Å². The van der Waals surface area contributed by atoms with E-state index in [1.807, 2.05) is 12.3 Å². The normalized spacial score (nSPS) is 13.1. The number of pyridine rings is 1. The van der Waals surface area contributed by atoms with Gasteiger partial charge in [0.2, 0.25) is 0 Å². The highest BCUT2D eigenvalue weighted by atomic mass is 14.9. The Morgan fingerprint density at radius 2 is 1.02 bits per heavy atom. The Bertz CT molecular complexity index is 3070. The number of hydrogen-bond acceptors (Lipinski definition) is 3. The maximum atomic E-state index is 5.32. The standard InChI is InChI=1S/C52H35N3/c1-52(2)45-11-4-3-10-41(45)42-25-24-39(29-46(42)52)32-14-20-38(21-15-32)51-54-47(34-16-12-33(13-17-34)40-9-6-28-53-31-40)30-48(55-51)43-26-22-37-19-18-35-7-5-8-36-23-27-44(43)50(37)49(35)36/h3-31H,1-2H3. The summed E-state index contributed by atoms with van der Waals surface area (Å²) in [7, 11) is 0. The third-order valence-corrected chi connectivity index (χ3v) is 11.8. The van der Waals surface area contributed by atoms with Crippen molar-refractivity contribution in [2.45, 2.75) is 19.3 Å². The Labute approximate surface area is 320 Å². The molecule has 0 fully saturated rings. The van der Waals surface area contributed by atoms with E-state index in [0.717, 1.165) is 39.2 Å². The molecule has 1 aliphatic carbocycles. The molecule has 0 radical (unpaired) electrons. The van der Waals surface area contributed by atoms with Gasteiger partial charge < -0.3 is 0 Å². The lowest BCUT2D eigenvalue weighted by molar-refractivity contribution is 0.660. The number of hydrogen-bond donors (Lipinski definition) is 0. The van der Waals surface area contributed by atoms with Crippen molar-refractivity contribution >= 4 is 32.3 Å². The average Bonchev–Trinajstić information content (AvgIpc) is 3.48. The average molecular weight is 702 g/mol. The van der Waals surface area contributed by atoms with E-state index in [2.05, 4.69) is 177 Å². The molecule has 0 atom stereocenters. The van der Waals surface area contributed by atoms with Crippen molar-refractivity contribution in [1.29, 1.82) is 0 Å². The highest BCUT2D eigenvalue weighted by molar-refractivity contribution is 6.25. The van der Waals surface area contributed by atoms with E-state index < -0.39 is 0 Å². The molecule has 3 heteroatoms. The smallest absolute Gasteiger partial charge is 0.160 e. The van der Waals surface area contributed by atoms with Gasteiger partial charge in [-0.05, 0) is 95.0 Å². The lowest BCUT2D eigenvalue weighted by Crippen LogP contribution is -2.14. The van der Waals surface area contributed by atoms with Crippen LogP contribution in [0, 0.1) is 0 Å². The second kappa shape index (κ2) is 12.0. The first-order chi connectivity index (χ1) is 27.0. The quantitative estimate of drug-likeness (QED) is 0.168. The molecule has 0 spiro atoms. The lowest BCUT2D eigenvalue weighted by atomic mass is 9.81. The van der Waals surface area contributed by atoms with Crippen LogP contribution in [0.4, 0.5) is 0 Å². The maximum Gasteiger partial charge on any atom is 0.160 e. The minimum Gasteiger partial charge on any atom is -0.264 e. The van der Waals surface area contributed by atoms with E-state index >= 15 is 0 Å². The minimum absolute atomic E-state index is 0.0477. The summed E-state index contributed by atoms with van der Waals surface area (Å²) in [5.41, 5.74) is 14.9. The molecule has 3 nitrogen and oxygen atoms in total. The topological polar surface area (TPSA) is 38.7 Å². The molecule has 0 aliphatic heterocycles. The second-order valence-corrected chi connectivity index (χ2v) is 15.3. The van der Waals surface area contributed by atoms with E-state index in [4.69, 9.17) is 9.97 Å². The van der Waals surface area contributed by atoms with Crippen molar-refractivity contribution in [3.63, 3.8) is 0 Å². The summed E-state index contributed by atoms with van der Waals surface area (Å²) in [5.74, 6) is 0.701. The van der Waals surface area contributed by atoms with Crippen molar-refractivity contribution in [2.24, 2.45) is 0 Å². The van der Waals surface area contributed by atoms with Gasteiger partial charge >= 0.3 is 0 Å².